The number of hydrogen-bond donors (Lipinski definition) is 2. The van der Waals surface area contributed by atoms with Crippen LogP contribution in [0.2, 0.25) is 0 Å². The molecule has 0 saturated carbocycles. The van der Waals surface area contributed by atoms with Crippen LogP contribution in [0.3, 0.4) is 0 Å². The maximum atomic E-state index is 4.32. The Labute approximate surface area is 121 Å². The van der Waals surface area contributed by atoms with Crippen LogP contribution >= 0.6 is 0 Å². The summed E-state index contributed by atoms with van der Waals surface area (Å²) in [5.74, 6) is 0.850. The zero-order chi connectivity index (χ0) is 14.2. The van der Waals surface area contributed by atoms with Gasteiger partial charge in [-0.05, 0) is 35.4 Å². The van der Waals surface area contributed by atoms with E-state index in [2.05, 4.69) is 56.7 Å². The van der Waals surface area contributed by atoms with Gasteiger partial charge >= 0.3 is 0 Å². The number of anilines is 1. The van der Waals surface area contributed by atoms with Gasteiger partial charge in [-0.1, -0.05) is 18.2 Å². The predicted octanol–water partition coefficient (Wildman–Crippen LogP) is 3.82. The average Bonchev–Trinajstić information content (AvgIpc) is 3.02. The van der Waals surface area contributed by atoms with Gasteiger partial charge in [-0.15, -0.1) is 0 Å². The van der Waals surface area contributed by atoms with Crippen molar-refractivity contribution in [3.63, 3.8) is 0 Å². The summed E-state index contributed by atoms with van der Waals surface area (Å²) in [4.78, 5) is 11.9. The molecule has 2 aromatic heterocycles. The molecule has 0 unspecified atom stereocenters. The van der Waals surface area contributed by atoms with Crippen LogP contribution < -0.4 is 5.32 Å². The number of fused-ring (bicyclic) bond motifs is 2. The zero-order valence-corrected chi connectivity index (χ0v) is 11.6. The van der Waals surface area contributed by atoms with Crippen molar-refractivity contribution < 1.29 is 0 Å². The van der Waals surface area contributed by atoms with Gasteiger partial charge < -0.3 is 10.3 Å². The summed E-state index contributed by atoms with van der Waals surface area (Å²) in [5.41, 5.74) is 4.46. The fraction of sp³-hybridized carbons (Fsp3) is 0.0588. The standard InChI is InChI=1S/C17H14N4/c1-18-17-14-9-11(5-6-16(14)20-10-21-17)12-3-2-4-15-13(12)7-8-19-15/h2-10,19H,1H3,(H,18,20,21). The van der Waals surface area contributed by atoms with Gasteiger partial charge in [-0.3, -0.25) is 0 Å². The van der Waals surface area contributed by atoms with Crippen LogP contribution in [0.15, 0.2) is 55.0 Å². The Morgan fingerprint density at radius 3 is 2.86 bits per heavy atom. The van der Waals surface area contributed by atoms with Gasteiger partial charge in [0.2, 0.25) is 0 Å². The zero-order valence-electron chi connectivity index (χ0n) is 11.6. The molecule has 4 rings (SSSR count). The average molecular weight is 274 g/mol. The van der Waals surface area contributed by atoms with E-state index in [1.807, 2.05) is 19.3 Å². The molecule has 2 aromatic carbocycles. The van der Waals surface area contributed by atoms with E-state index in [9.17, 15) is 0 Å². The van der Waals surface area contributed by atoms with Gasteiger partial charge in [0.25, 0.3) is 0 Å². The van der Waals surface area contributed by atoms with Crippen LogP contribution in [0.4, 0.5) is 5.82 Å². The van der Waals surface area contributed by atoms with Crippen molar-refractivity contribution in [1.29, 1.82) is 0 Å². The van der Waals surface area contributed by atoms with E-state index in [0.717, 1.165) is 22.2 Å². The van der Waals surface area contributed by atoms with Gasteiger partial charge in [0.05, 0.1) is 5.52 Å². The normalized spacial score (nSPS) is 11.1. The molecule has 21 heavy (non-hydrogen) atoms. The Kier molecular flexibility index (Phi) is 2.60. The van der Waals surface area contributed by atoms with Gasteiger partial charge in [0.15, 0.2) is 0 Å². The predicted molar refractivity (Wildman–Crippen MR) is 86.4 cm³/mol. The molecule has 0 aliphatic heterocycles. The smallest absolute Gasteiger partial charge is 0.137 e. The summed E-state index contributed by atoms with van der Waals surface area (Å²) in [5, 5.41) is 5.38. The first-order chi connectivity index (χ1) is 10.4. The third-order valence-corrected chi connectivity index (χ3v) is 3.78. The topological polar surface area (TPSA) is 53.6 Å². The van der Waals surface area contributed by atoms with E-state index in [1.165, 1.54) is 16.5 Å². The number of rotatable bonds is 2. The Bertz CT molecular complexity index is 940. The van der Waals surface area contributed by atoms with Gasteiger partial charge in [-0.2, -0.15) is 0 Å². The SMILES string of the molecule is CNc1ncnc2ccc(-c3cccc4[nH]ccc34)cc12. The van der Waals surface area contributed by atoms with Crippen molar-refractivity contribution in [2.45, 2.75) is 0 Å². The maximum Gasteiger partial charge on any atom is 0.137 e. The molecule has 4 aromatic rings. The Hall–Kier alpha value is -2.88. The highest BCUT2D eigenvalue weighted by atomic mass is 15.0. The molecule has 0 radical (unpaired) electrons. The Balaban J connectivity index is 2.00. The fourth-order valence-corrected chi connectivity index (χ4v) is 2.76. The first-order valence-corrected chi connectivity index (χ1v) is 6.86. The third kappa shape index (κ3) is 1.84. The monoisotopic (exact) mass is 274 g/mol. The summed E-state index contributed by atoms with van der Waals surface area (Å²) in [6.45, 7) is 0. The van der Waals surface area contributed by atoms with Gasteiger partial charge in [-0.25, -0.2) is 9.97 Å². The lowest BCUT2D eigenvalue weighted by molar-refractivity contribution is 1.21. The molecule has 0 saturated heterocycles. The molecule has 0 atom stereocenters. The van der Waals surface area contributed by atoms with Crippen LogP contribution in [0.5, 0.6) is 0 Å². The van der Waals surface area contributed by atoms with E-state index in [0.29, 0.717) is 0 Å². The summed E-state index contributed by atoms with van der Waals surface area (Å²) in [6, 6.07) is 14.7. The van der Waals surface area contributed by atoms with E-state index in [1.54, 1.807) is 6.33 Å². The van der Waals surface area contributed by atoms with E-state index in [-0.39, 0.29) is 0 Å². The van der Waals surface area contributed by atoms with E-state index in [4.69, 9.17) is 0 Å². The molecule has 0 bridgehead atoms. The number of aromatic amines is 1. The molecule has 2 heterocycles. The first kappa shape index (κ1) is 11.9. The van der Waals surface area contributed by atoms with Crippen molar-refractivity contribution in [2.75, 3.05) is 12.4 Å². The van der Waals surface area contributed by atoms with E-state index < -0.39 is 0 Å². The van der Waals surface area contributed by atoms with Crippen molar-refractivity contribution in [3.8, 4) is 11.1 Å². The first-order valence-electron chi connectivity index (χ1n) is 6.86. The maximum absolute atomic E-state index is 4.32. The largest absolute Gasteiger partial charge is 0.373 e. The molecular formula is C17H14N4. The van der Waals surface area contributed by atoms with Gasteiger partial charge in [0.1, 0.15) is 12.1 Å². The fourth-order valence-electron chi connectivity index (χ4n) is 2.76. The second-order valence-electron chi connectivity index (χ2n) is 4.95. The highest BCUT2D eigenvalue weighted by molar-refractivity contribution is 5.99. The molecule has 4 nitrogen and oxygen atoms in total. The molecule has 0 spiro atoms. The molecule has 0 aliphatic rings. The lowest BCUT2D eigenvalue weighted by Gasteiger charge is -2.08. The van der Waals surface area contributed by atoms with E-state index >= 15 is 0 Å². The quantitative estimate of drug-likeness (QED) is 0.584. The Morgan fingerprint density at radius 2 is 1.95 bits per heavy atom. The van der Waals surface area contributed by atoms with Crippen molar-refractivity contribution in [3.05, 3.63) is 55.0 Å². The molecular weight excluding hydrogens is 260 g/mol. The van der Waals surface area contributed by atoms with Crippen molar-refractivity contribution in [2.24, 2.45) is 0 Å². The van der Waals surface area contributed by atoms with Crippen LogP contribution in [0, 0.1) is 0 Å². The van der Waals surface area contributed by atoms with Crippen LogP contribution in [-0.2, 0) is 0 Å². The summed E-state index contributed by atoms with van der Waals surface area (Å²) in [6.07, 6.45) is 3.55. The minimum atomic E-state index is 0.850. The second kappa shape index (κ2) is 4.59. The highest BCUT2D eigenvalue weighted by Crippen LogP contribution is 2.31. The second-order valence-corrected chi connectivity index (χ2v) is 4.95. The van der Waals surface area contributed by atoms with Crippen LogP contribution in [-0.4, -0.2) is 22.0 Å². The minimum absolute atomic E-state index is 0.850. The molecule has 0 aliphatic carbocycles. The number of nitrogens with one attached hydrogen (secondary N) is 2. The lowest BCUT2D eigenvalue weighted by Crippen LogP contribution is -1.94. The molecule has 102 valence electrons. The van der Waals surface area contributed by atoms with Crippen molar-refractivity contribution >= 4 is 27.6 Å². The number of nitrogens with zero attached hydrogens (tertiary/aromatic N) is 2. The summed E-state index contributed by atoms with van der Waals surface area (Å²) in [7, 11) is 1.88. The Morgan fingerprint density at radius 1 is 1.00 bits per heavy atom. The summed E-state index contributed by atoms with van der Waals surface area (Å²) >= 11 is 0. The third-order valence-electron chi connectivity index (χ3n) is 3.78. The molecule has 2 N–H and O–H groups in total. The summed E-state index contributed by atoms with van der Waals surface area (Å²) < 4.78 is 0. The number of hydrogen-bond acceptors (Lipinski definition) is 3. The molecule has 0 fully saturated rings. The lowest BCUT2D eigenvalue weighted by atomic mass is 10.00. The number of H-pyrrole nitrogens is 1. The number of aromatic nitrogens is 3. The van der Waals surface area contributed by atoms with Crippen molar-refractivity contribution in [1.82, 2.24) is 15.0 Å². The highest BCUT2D eigenvalue weighted by Gasteiger charge is 2.08. The van der Waals surface area contributed by atoms with Gasteiger partial charge in [0, 0.05) is 29.5 Å². The molecule has 4 heteroatoms. The molecule has 0 amide bonds. The minimum Gasteiger partial charge on any atom is -0.373 e. The van der Waals surface area contributed by atoms with Crippen LogP contribution in [0.1, 0.15) is 0 Å². The van der Waals surface area contributed by atoms with Crippen LogP contribution in [0.25, 0.3) is 32.9 Å². The number of benzene rings is 2.